The summed E-state index contributed by atoms with van der Waals surface area (Å²) in [6.45, 7) is 0.499. The van der Waals surface area contributed by atoms with E-state index < -0.39 is 10.0 Å². The molecule has 0 amide bonds. The van der Waals surface area contributed by atoms with Crippen LogP contribution in [0.25, 0.3) is 0 Å². The van der Waals surface area contributed by atoms with Gasteiger partial charge in [0.15, 0.2) is 0 Å². The number of sulfonamides is 1. The van der Waals surface area contributed by atoms with Gasteiger partial charge in [-0.2, -0.15) is 11.8 Å². The number of rotatable bonds is 5. The number of hydrogen-bond acceptors (Lipinski definition) is 3. The summed E-state index contributed by atoms with van der Waals surface area (Å²) in [4.78, 5) is 0.280. The average Bonchev–Trinajstić information content (AvgIpc) is 3.07. The van der Waals surface area contributed by atoms with Crippen LogP contribution in [0, 0.1) is 0 Å². The van der Waals surface area contributed by atoms with Crippen molar-refractivity contribution in [2.45, 2.75) is 22.5 Å². The minimum atomic E-state index is -3.44. The first-order valence-electron chi connectivity index (χ1n) is 5.38. The van der Waals surface area contributed by atoms with Crippen LogP contribution in [0.4, 0.5) is 0 Å². The second-order valence-electron chi connectivity index (χ2n) is 4.29. The molecule has 7 heteroatoms. The Kier molecular flexibility index (Phi) is 4.48. The Morgan fingerprint density at radius 2 is 2.06 bits per heavy atom. The molecular formula is C11H13Br2NO2S2. The second kappa shape index (κ2) is 5.44. The molecule has 1 saturated carbocycles. The zero-order valence-corrected chi connectivity index (χ0v) is 14.5. The summed E-state index contributed by atoms with van der Waals surface area (Å²) in [6, 6.07) is 5.05. The largest absolute Gasteiger partial charge is 0.241 e. The van der Waals surface area contributed by atoms with Crippen molar-refractivity contribution >= 4 is 53.6 Å². The number of thioether (sulfide) groups is 1. The molecule has 2 rings (SSSR count). The minimum absolute atomic E-state index is 0.120. The molecule has 0 spiro atoms. The molecule has 3 nitrogen and oxygen atoms in total. The van der Waals surface area contributed by atoms with E-state index in [1.807, 2.05) is 6.26 Å². The Balaban J connectivity index is 2.15. The maximum absolute atomic E-state index is 12.2. The summed E-state index contributed by atoms with van der Waals surface area (Å²) in [7, 11) is -3.44. The molecule has 1 aromatic carbocycles. The average molecular weight is 415 g/mol. The zero-order valence-electron chi connectivity index (χ0n) is 9.74. The zero-order chi connectivity index (χ0) is 13.4. The third-order valence-corrected chi connectivity index (χ3v) is 7.30. The normalized spacial score (nSPS) is 17.7. The SMILES string of the molecule is CSC1(CNS(=O)(=O)c2ccc(Br)cc2Br)CC1. The maximum atomic E-state index is 12.2. The summed E-state index contributed by atoms with van der Waals surface area (Å²) in [5.74, 6) is 0. The van der Waals surface area contributed by atoms with Gasteiger partial charge in [-0.25, -0.2) is 13.1 Å². The molecule has 0 aliphatic heterocycles. The molecule has 1 aliphatic carbocycles. The molecule has 0 atom stereocenters. The van der Waals surface area contributed by atoms with E-state index in [4.69, 9.17) is 0 Å². The molecule has 0 saturated heterocycles. The van der Waals surface area contributed by atoms with Crippen LogP contribution in [0.3, 0.4) is 0 Å². The number of halogens is 2. The smallest absolute Gasteiger partial charge is 0.210 e. The Morgan fingerprint density at radius 3 is 2.56 bits per heavy atom. The highest BCUT2D eigenvalue weighted by molar-refractivity contribution is 9.11. The molecule has 0 heterocycles. The summed E-state index contributed by atoms with van der Waals surface area (Å²) in [5, 5.41) is 0. The van der Waals surface area contributed by atoms with Crippen molar-refractivity contribution in [3.63, 3.8) is 0 Å². The Hall–Kier alpha value is 0.440. The summed E-state index contributed by atoms with van der Waals surface area (Å²) >= 11 is 8.32. The lowest BCUT2D eigenvalue weighted by Gasteiger charge is -2.14. The quantitative estimate of drug-likeness (QED) is 0.803. The van der Waals surface area contributed by atoms with Gasteiger partial charge in [0, 0.05) is 20.2 Å². The maximum Gasteiger partial charge on any atom is 0.241 e. The first-order valence-corrected chi connectivity index (χ1v) is 9.68. The van der Waals surface area contributed by atoms with E-state index >= 15 is 0 Å². The van der Waals surface area contributed by atoms with Crippen molar-refractivity contribution in [2.75, 3.05) is 12.8 Å². The van der Waals surface area contributed by atoms with Gasteiger partial charge in [-0.15, -0.1) is 0 Å². The molecule has 0 unspecified atom stereocenters. The van der Waals surface area contributed by atoms with Crippen molar-refractivity contribution in [3.8, 4) is 0 Å². The lowest BCUT2D eigenvalue weighted by atomic mass is 10.4. The Morgan fingerprint density at radius 1 is 1.39 bits per heavy atom. The van der Waals surface area contributed by atoms with Gasteiger partial charge in [-0.1, -0.05) is 15.9 Å². The fraction of sp³-hybridized carbons (Fsp3) is 0.455. The van der Waals surface area contributed by atoms with Gasteiger partial charge in [0.05, 0.1) is 4.90 Å². The Bertz CT molecular complexity index is 556. The van der Waals surface area contributed by atoms with Crippen molar-refractivity contribution in [1.29, 1.82) is 0 Å². The van der Waals surface area contributed by atoms with Gasteiger partial charge in [-0.3, -0.25) is 0 Å². The lowest BCUT2D eigenvalue weighted by Crippen LogP contribution is -2.31. The molecule has 1 aliphatic rings. The molecular weight excluding hydrogens is 402 g/mol. The third kappa shape index (κ3) is 3.30. The summed E-state index contributed by atoms with van der Waals surface area (Å²) < 4.78 is 28.6. The lowest BCUT2D eigenvalue weighted by molar-refractivity contribution is 0.579. The van der Waals surface area contributed by atoms with Gasteiger partial charge >= 0.3 is 0 Å². The molecule has 18 heavy (non-hydrogen) atoms. The van der Waals surface area contributed by atoms with Crippen LogP contribution in [0.2, 0.25) is 0 Å². The number of hydrogen-bond donors (Lipinski definition) is 1. The molecule has 0 bridgehead atoms. The fourth-order valence-corrected chi connectivity index (χ4v) is 5.28. The van der Waals surface area contributed by atoms with Crippen molar-refractivity contribution in [1.82, 2.24) is 4.72 Å². The van der Waals surface area contributed by atoms with Gasteiger partial charge in [0.2, 0.25) is 10.0 Å². The van der Waals surface area contributed by atoms with E-state index in [0.29, 0.717) is 11.0 Å². The standard InChI is InChI=1S/C11H13Br2NO2S2/c1-17-11(4-5-11)7-14-18(15,16)10-3-2-8(12)6-9(10)13/h2-3,6,14H,4-5,7H2,1H3. The van der Waals surface area contributed by atoms with Gasteiger partial charge < -0.3 is 0 Å². The molecule has 1 fully saturated rings. The Labute approximate surface area is 128 Å². The molecule has 1 N–H and O–H groups in total. The van der Waals surface area contributed by atoms with E-state index in [1.54, 1.807) is 30.0 Å². The van der Waals surface area contributed by atoms with Crippen LogP contribution >= 0.6 is 43.6 Å². The van der Waals surface area contributed by atoms with Crippen molar-refractivity contribution < 1.29 is 8.42 Å². The van der Waals surface area contributed by atoms with Crippen LogP contribution < -0.4 is 4.72 Å². The number of benzene rings is 1. The van der Waals surface area contributed by atoms with E-state index in [2.05, 4.69) is 36.6 Å². The van der Waals surface area contributed by atoms with E-state index in [-0.39, 0.29) is 9.64 Å². The molecule has 1 aromatic rings. The highest BCUT2D eigenvalue weighted by Gasteiger charge is 2.42. The topological polar surface area (TPSA) is 46.2 Å². The van der Waals surface area contributed by atoms with E-state index in [9.17, 15) is 8.42 Å². The van der Waals surface area contributed by atoms with Crippen LogP contribution in [0.1, 0.15) is 12.8 Å². The van der Waals surface area contributed by atoms with Crippen molar-refractivity contribution in [2.24, 2.45) is 0 Å². The second-order valence-corrected chi connectivity index (χ2v) is 9.07. The summed E-state index contributed by atoms with van der Waals surface area (Å²) in [5.41, 5.74) is 0. The fourth-order valence-electron chi connectivity index (χ4n) is 1.59. The molecule has 100 valence electrons. The van der Waals surface area contributed by atoms with Crippen LogP contribution in [0.5, 0.6) is 0 Å². The van der Waals surface area contributed by atoms with Crippen LogP contribution in [-0.2, 0) is 10.0 Å². The highest BCUT2D eigenvalue weighted by atomic mass is 79.9. The minimum Gasteiger partial charge on any atom is -0.210 e. The summed E-state index contributed by atoms with van der Waals surface area (Å²) in [6.07, 6.45) is 4.19. The number of nitrogens with one attached hydrogen (secondary N) is 1. The first kappa shape index (κ1) is 14.8. The van der Waals surface area contributed by atoms with Gasteiger partial charge in [0.1, 0.15) is 0 Å². The third-order valence-electron chi connectivity index (χ3n) is 3.01. The van der Waals surface area contributed by atoms with E-state index in [0.717, 1.165) is 17.3 Å². The predicted molar refractivity (Wildman–Crippen MR) is 82.5 cm³/mol. The molecule has 0 radical (unpaired) electrons. The highest BCUT2D eigenvalue weighted by Crippen LogP contribution is 2.46. The predicted octanol–water partition coefficient (Wildman–Crippen LogP) is 3.39. The van der Waals surface area contributed by atoms with Crippen LogP contribution in [0.15, 0.2) is 32.0 Å². The monoisotopic (exact) mass is 413 g/mol. The van der Waals surface area contributed by atoms with Crippen molar-refractivity contribution in [3.05, 3.63) is 27.1 Å². The molecule has 0 aromatic heterocycles. The van der Waals surface area contributed by atoms with Crippen LogP contribution in [-0.4, -0.2) is 26.0 Å². The van der Waals surface area contributed by atoms with Gasteiger partial charge in [-0.05, 0) is 53.2 Å². The first-order chi connectivity index (χ1) is 8.38. The van der Waals surface area contributed by atoms with E-state index in [1.165, 1.54) is 0 Å². The van der Waals surface area contributed by atoms with Gasteiger partial charge in [0.25, 0.3) is 0 Å².